The second-order valence-electron chi connectivity index (χ2n) is 6.50. The fourth-order valence-corrected chi connectivity index (χ4v) is 3.12. The van der Waals surface area contributed by atoms with Crippen LogP contribution < -0.4 is 15.0 Å². The molecule has 3 aromatic rings. The molecule has 6 heteroatoms. The van der Waals surface area contributed by atoms with Gasteiger partial charge in [0.25, 0.3) is 11.8 Å². The molecule has 0 radical (unpaired) electrons. The van der Waals surface area contributed by atoms with E-state index in [1.165, 1.54) is 0 Å². The minimum Gasteiger partial charge on any atom is -0.493 e. The number of nitrogens with one attached hydrogen (secondary N) is 1. The fourth-order valence-electron chi connectivity index (χ4n) is 3.12. The number of para-hydroxylation sites is 1. The van der Waals surface area contributed by atoms with Crippen molar-refractivity contribution >= 4 is 29.1 Å². The SMILES string of the molecule is O=C(CCOc1ccccc1)Nc1ccc(N2C(=O)c3ccccc3C2=O)cc1. The van der Waals surface area contributed by atoms with Gasteiger partial charge in [-0.1, -0.05) is 30.3 Å². The van der Waals surface area contributed by atoms with Gasteiger partial charge >= 0.3 is 0 Å². The Bertz CT molecular complexity index is 1030. The van der Waals surface area contributed by atoms with Crippen molar-refractivity contribution in [2.45, 2.75) is 6.42 Å². The van der Waals surface area contributed by atoms with E-state index < -0.39 is 0 Å². The number of fused-ring (bicyclic) bond motifs is 1. The van der Waals surface area contributed by atoms with Gasteiger partial charge in [0, 0.05) is 5.69 Å². The second kappa shape index (κ2) is 7.98. The van der Waals surface area contributed by atoms with Crippen LogP contribution in [-0.2, 0) is 4.79 Å². The number of amides is 3. The molecule has 0 saturated heterocycles. The molecule has 144 valence electrons. The van der Waals surface area contributed by atoms with Gasteiger partial charge in [0.2, 0.25) is 5.91 Å². The van der Waals surface area contributed by atoms with Gasteiger partial charge in [0.05, 0.1) is 29.8 Å². The monoisotopic (exact) mass is 386 g/mol. The molecular formula is C23H18N2O4. The molecule has 1 aliphatic heterocycles. The van der Waals surface area contributed by atoms with E-state index in [0.29, 0.717) is 28.3 Å². The highest BCUT2D eigenvalue weighted by Crippen LogP contribution is 2.29. The molecule has 0 fully saturated rings. The summed E-state index contributed by atoms with van der Waals surface area (Å²) in [6.45, 7) is 0.267. The van der Waals surface area contributed by atoms with Crippen LogP contribution in [0.1, 0.15) is 27.1 Å². The smallest absolute Gasteiger partial charge is 0.266 e. The standard InChI is InChI=1S/C23H18N2O4/c26-21(14-15-29-18-6-2-1-3-7-18)24-16-10-12-17(13-11-16)25-22(27)19-8-4-5-9-20(19)23(25)28/h1-13H,14-15H2,(H,24,26). The fraction of sp³-hybridized carbons (Fsp3) is 0.0870. The van der Waals surface area contributed by atoms with Crippen molar-refractivity contribution in [3.63, 3.8) is 0 Å². The number of anilines is 2. The Labute approximate surface area is 167 Å². The predicted octanol–water partition coefficient (Wildman–Crippen LogP) is 3.89. The van der Waals surface area contributed by atoms with Crippen molar-refractivity contribution in [3.05, 3.63) is 90.0 Å². The van der Waals surface area contributed by atoms with Crippen LogP contribution >= 0.6 is 0 Å². The van der Waals surface area contributed by atoms with E-state index >= 15 is 0 Å². The molecule has 0 aromatic heterocycles. The minimum atomic E-state index is -0.347. The topological polar surface area (TPSA) is 75.7 Å². The van der Waals surface area contributed by atoms with Gasteiger partial charge in [-0.3, -0.25) is 14.4 Å². The Hall–Kier alpha value is -3.93. The Morgan fingerprint density at radius 2 is 1.38 bits per heavy atom. The molecule has 0 spiro atoms. The van der Waals surface area contributed by atoms with E-state index in [1.54, 1.807) is 48.5 Å². The van der Waals surface area contributed by atoms with Crippen molar-refractivity contribution in [2.24, 2.45) is 0 Å². The Morgan fingerprint density at radius 3 is 2.00 bits per heavy atom. The molecule has 0 unspecified atom stereocenters. The molecule has 3 amide bonds. The third-order valence-electron chi connectivity index (χ3n) is 4.54. The van der Waals surface area contributed by atoms with E-state index in [0.717, 1.165) is 4.90 Å². The molecule has 1 N–H and O–H groups in total. The summed E-state index contributed by atoms with van der Waals surface area (Å²) in [5, 5.41) is 2.78. The summed E-state index contributed by atoms with van der Waals surface area (Å²) in [6, 6.07) is 22.6. The summed E-state index contributed by atoms with van der Waals surface area (Å²) in [5.74, 6) is -0.166. The van der Waals surface area contributed by atoms with Gasteiger partial charge in [-0.25, -0.2) is 4.90 Å². The zero-order valence-electron chi connectivity index (χ0n) is 15.5. The highest BCUT2D eigenvalue weighted by atomic mass is 16.5. The average Bonchev–Trinajstić information content (AvgIpc) is 3.00. The van der Waals surface area contributed by atoms with Crippen molar-refractivity contribution < 1.29 is 19.1 Å². The summed E-state index contributed by atoms with van der Waals surface area (Å²) in [7, 11) is 0. The predicted molar refractivity (Wildman–Crippen MR) is 109 cm³/mol. The molecule has 0 saturated carbocycles. The van der Waals surface area contributed by atoms with Crippen molar-refractivity contribution in [3.8, 4) is 5.75 Å². The van der Waals surface area contributed by atoms with E-state index in [4.69, 9.17) is 4.74 Å². The molecule has 0 aliphatic carbocycles. The molecular weight excluding hydrogens is 368 g/mol. The Kier molecular flexibility index (Phi) is 5.07. The molecule has 0 atom stereocenters. The molecule has 1 heterocycles. The van der Waals surface area contributed by atoms with E-state index in [2.05, 4.69) is 5.32 Å². The van der Waals surface area contributed by atoms with Gasteiger partial charge in [0.15, 0.2) is 0 Å². The molecule has 29 heavy (non-hydrogen) atoms. The van der Waals surface area contributed by atoms with Gasteiger partial charge < -0.3 is 10.1 Å². The lowest BCUT2D eigenvalue weighted by molar-refractivity contribution is -0.116. The van der Waals surface area contributed by atoms with Crippen molar-refractivity contribution in [2.75, 3.05) is 16.8 Å². The summed E-state index contributed by atoms with van der Waals surface area (Å²) < 4.78 is 5.51. The lowest BCUT2D eigenvalue weighted by Crippen LogP contribution is -2.29. The molecule has 1 aliphatic rings. The van der Waals surface area contributed by atoms with Crippen molar-refractivity contribution in [1.29, 1.82) is 0 Å². The van der Waals surface area contributed by atoms with Crippen LogP contribution in [0.25, 0.3) is 0 Å². The van der Waals surface area contributed by atoms with Crippen LogP contribution in [0.4, 0.5) is 11.4 Å². The van der Waals surface area contributed by atoms with Crippen LogP contribution in [0.15, 0.2) is 78.9 Å². The molecule has 6 nitrogen and oxygen atoms in total. The third-order valence-corrected chi connectivity index (χ3v) is 4.54. The third kappa shape index (κ3) is 3.87. The summed E-state index contributed by atoms with van der Waals surface area (Å²) in [4.78, 5) is 38.3. The number of rotatable bonds is 6. The average molecular weight is 386 g/mol. The highest BCUT2D eigenvalue weighted by Gasteiger charge is 2.36. The first-order chi connectivity index (χ1) is 14.1. The quantitative estimate of drug-likeness (QED) is 0.652. The Balaban J connectivity index is 1.35. The largest absolute Gasteiger partial charge is 0.493 e. The second-order valence-corrected chi connectivity index (χ2v) is 6.50. The first kappa shape index (κ1) is 18.4. The maximum atomic E-state index is 12.5. The van der Waals surface area contributed by atoms with E-state index in [-0.39, 0.29) is 30.7 Å². The number of benzene rings is 3. The lowest BCUT2D eigenvalue weighted by atomic mass is 10.1. The number of nitrogens with zero attached hydrogens (tertiary/aromatic N) is 1. The first-order valence-corrected chi connectivity index (χ1v) is 9.19. The minimum absolute atomic E-state index is 0.186. The van der Waals surface area contributed by atoms with Gasteiger partial charge in [-0.05, 0) is 48.5 Å². The summed E-state index contributed by atoms with van der Waals surface area (Å²) in [5.41, 5.74) is 1.83. The van der Waals surface area contributed by atoms with Gasteiger partial charge in [-0.15, -0.1) is 0 Å². The normalized spacial score (nSPS) is 12.6. The van der Waals surface area contributed by atoms with Crippen LogP contribution in [0.5, 0.6) is 5.75 Å². The van der Waals surface area contributed by atoms with E-state index in [9.17, 15) is 14.4 Å². The molecule has 3 aromatic carbocycles. The maximum absolute atomic E-state index is 12.5. The molecule has 4 rings (SSSR count). The van der Waals surface area contributed by atoms with Crippen LogP contribution in [0, 0.1) is 0 Å². The molecule has 0 bridgehead atoms. The lowest BCUT2D eigenvalue weighted by Gasteiger charge is -2.14. The van der Waals surface area contributed by atoms with Crippen LogP contribution in [0.2, 0.25) is 0 Å². The summed E-state index contributed by atoms with van der Waals surface area (Å²) in [6.07, 6.45) is 0.203. The number of hydrogen-bond acceptors (Lipinski definition) is 4. The Morgan fingerprint density at radius 1 is 0.793 bits per heavy atom. The summed E-state index contributed by atoms with van der Waals surface area (Å²) >= 11 is 0. The van der Waals surface area contributed by atoms with Gasteiger partial charge in [-0.2, -0.15) is 0 Å². The number of imide groups is 1. The number of carbonyl (C=O) groups is 3. The number of hydrogen-bond donors (Lipinski definition) is 1. The zero-order chi connectivity index (χ0) is 20.2. The van der Waals surface area contributed by atoms with Gasteiger partial charge in [0.1, 0.15) is 5.75 Å². The van der Waals surface area contributed by atoms with Crippen LogP contribution in [0.3, 0.4) is 0 Å². The first-order valence-electron chi connectivity index (χ1n) is 9.19. The van der Waals surface area contributed by atoms with Crippen molar-refractivity contribution in [1.82, 2.24) is 0 Å². The maximum Gasteiger partial charge on any atom is 0.266 e. The zero-order valence-corrected chi connectivity index (χ0v) is 15.5. The van der Waals surface area contributed by atoms with Crippen LogP contribution in [-0.4, -0.2) is 24.3 Å². The highest BCUT2D eigenvalue weighted by molar-refractivity contribution is 6.34. The van der Waals surface area contributed by atoms with E-state index in [1.807, 2.05) is 30.3 Å². The number of ether oxygens (including phenoxy) is 1. The number of carbonyl (C=O) groups excluding carboxylic acids is 3.